The SMILES string of the molecule is CNC[C@@H](C(C)C)C(C)C(C)[C@@H](CN)C(C)C. The van der Waals surface area contributed by atoms with Crippen LogP contribution in [-0.2, 0) is 0 Å². The number of hydrogen-bond donors (Lipinski definition) is 2. The van der Waals surface area contributed by atoms with Gasteiger partial charge >= 0.3 is 0 Å². The van der Waals surface area contributed by atoms with E-state index in [1.807, 2.05) is 0 Å². The Morgan fingerprint density at radius 3 is 1.53 bits per heavy atom. The van der Waals surface area contributed by atoms with Gasteiger partial charge in [-0.25, -0.2) is 0 Å². The minimum absolute atomic E-state index is 0.642. The Balaban J connectivity index is 4.67. The Morgan fingerprint density at radius 1 is 0.824 bits per heavy atom. The molecule has 2 heteroatoms. The van der Waals surface area contributed by atoms with E-state index < -0.39 is 0 Å². The highest BCUT2D eigenvalue weighted by Gasteiger charge is 2.30. The van der Waals surface area contributed by atoms with Crippen molar-refractivity contribution in [2.24, 2.45) is 41.2 Å². The van der Waals surface area contributed by atoms with Crippen molar-refractivity contribution in [3.05, 3.63) is 0 Å². The van der Waals surface area contributed by atoms with Crippen molar-refractivity contribution in [2.75, 3.05) is 20.1 Å². The molecule has 0 aromatic heterocycles. The Bertz CT molecular complexity index is 189. The largest absolute Gasteiger partial charge is 0.330 e. The van der Waals surface area contributed by atoms with Crippen LogP contribution in [0.25, 0.3) is 0 Å². The minimum Gasteiger partial charge on any atom is -0.330 e. The number of nitrogens with two attached hydrogens (primary N) is 1. The first-order chi connectivity index (χ1) is 7.86. The predicted molar refractivity (Wildman–Crippen MR) is 78.0 cm³/mol. The van der Waals surface area contributed by atoms with Gasteiger partial charge in [0.15, 0.2) is 0 Å². The highest BCUT2D eigenvalue weighted by Crippen LogP contribution is 2.33. The fourth-order valence-corrected chi connectivity index (χ4v) is 3.14. The third-order valence-corrected chi connectivity index (χ3v) is 4.60. The van der Waals surface area contributed by atoms with Crippen molar-refractivity contribution in [1.82, 2.24) is 5.32 Å². The highest BCUT2D eigenvalue weighted by atomic mass is 14.8. The Kier molecular flexibility index (Phi) is 8.06. The van der Waals surface area contributed by atoms with Gasteiger partial charge < -0.3 is 11.1 Å². The lowest BCUT2D eigenvalue weighted by Crippen LogP contribution is -2.37. The van der Waals surface area contributed by atoms with Gasteiger partial charge in [-0.05, 0) is 55.6 Å². The highest BCUT2D eigenvalue weighted by molar-refractivity contribution is 4.81. The molecule has 0 aromatic rings. The molecule has 2 nitrogen and oxygen atoms in total. The van der Waals surface area contributed by atoms with Crippen LogP contribution in [0.15, 0.2) is 0 Å². The second-order valence-corrected chi connectivity index (χ2v) is 6.33. The average molecular weight is 242 g/mol. The maximum Gasteiger partial charge on any atom is -0.00184 e. The van der Waals surface area contributed by atoms with E-state index in [1.54, 1.807) is 0 Å². The molecule has 0 aromatic carbocycles. The molecule has 0 aliphatic rings. The summed E-state index contributed by atoms with van der Waals surface area (Å²) < 4.78 is 0. The summed E-state index contributed by atoms with van der Waals surface area (Å²) in [6, 6.07) is 0. The molecule has 0 bridgehead atoms. The predicted octanol–water partition coefficient (Wildman–Crippen LogP) is 2.98. The topological polar surface area (TPSA) is 38.0 Å². The van der Waals surface area contributed by atoms with Gasteiger partial charge in [-0.15, -0.1) is 0 Å². The quantitative estimate of drug-likeness (QED) is 0.687. The molecule has 4 atom stereocenters. The summed E-state index contributed by atoms with van der Waals surface area (Å²) in [4.78, 5) is 0. The zero-order valence-corrected chi connectivity index (χ0v) is 13.0. The van der Waals surface area contributed by atoms with E-state index >= 15 is 0 Å². The maximum atomic E-state index is 5.95. The lowest BCUT2D eigenvalue weighted by molar-refractivity contribution is 0.132. The summed E-state index contributed by atoms with van der Waals surface area (Å²) in [5.41, 5.74) is 5.95. The van der Waals surface area contributed by atoms with Crippen LogP contribution >= 0.6 is 0 Å². The summed E-state index contributed by atoms with van der Waals surface area (Å²) in [6.45, 7) is 16.0. The van der Waals surface area contributed by atoms with E-state index in [0.29, 0.717) is 17.8 Å². The second-order valence-electron chi connectivity index (χ2n) is 6.33. The molecule has 0 rings (SSSR count). The van der Waals surface area contributed by atoms with Crippen LogP contribution in [0.1, 0.15) is 41.5 Å². The first kappa shape index (κ1) is 16.9. The molecule has 2 unspecified atom stereocenters. The van der Waals surface area contributed by atoms with Crippen LogP contribution in [-0.4, -0.2) is 20.1 Å². The third kappa shape index (κ3) is 4.97. The number of nitrogens with one attached hydrogen (secondary N) is 1. The van der Waals surface area contributed by atoms with Gasteiger partial charge in [-0.1, -0.05) is 41.5 Å². The molecule has 0 radical (unpaired) electrons. The van der Waals surface area contributed by atoms with Crippen molar-refractivity contribution in [2.45, 2.75) is 41.5 Å². The van der Waals surface area contributed by atoms with Crippen LogP contribution in [0.4, 0.5) is 0 Å². The van der Waals surface area contributed by atoms with Crippen LogP contribution in [0.2, 0.25) is 0 Å². The summed E-state index contributed by atoms with van der Waals surface area (Å²) >= 11 is 0. The average Bonchev–Trinajstić information content (AvgIpc) is 2.24. The Morgan fingerprint density at radius 2 is 1.24 bits per heavy atom. The van der Waals surface area contributed by atoms with Crippen molar-refractivity contribution < 1.29 is 0 Å². The first-order valence-electron chi connectivity index (χ1n) is 7.21. The molecule has 0 heterocycles. The first-order valence-corrected chi connectivity index (χ1v) is 7.21. The van der Waals surface area contributed by atoms with E-state index in [4.69, 9.17) is 5.73 Å². The summed E-state index contributed by atoms with van der Waals surface area (Å²) in [5, 5.41) is 3.34. The molecule has 17 heavy (non-hydrogen) atoms. The molecular formula is C15H34N2. The third-order valence-electron chi connectivity index (χ3n) is 4.60. The van der Waals surface area contributed by atoms with Crippen LogP contribution in [0, 0.1) is 35.5 Å². The molecule has 0 aliphatic carbocycles. The van der Waals surface area contributed by atoms with Gasteiger partial charge in [0.05, 0.1) is 0 Å². The molecule has 0 saturated carbocycles. The van der Waals surface area contributed by atoms with Crippen LogP contribution < -0.4 is 11.1 Å². The number of rotatable bonds is 8. The summed E-state index contributed by atoms with van der Waals surface area (Å²) in [6.07, 6.45) is 0. The molecule has 3 N–H and O–H groups in total. The van der Waals surface area contributed by atoms with E-state index in [9.17, 15) is 0 Å². The van der Waals surface area contributed by atoms with E-state index in [1.165, 1.54) is 0 Å². The monoisotopic (exact) mass is 242 g/mol. The lowest BCUT2D eigenvalue weighted by Gasteiger charge is -2.37. The Labute approximate surface area is 109 Å². The van der Waals surface area contributed by atoms with Gasteiger partial charge in [-0.3, -0.25) is 0 Å². The molecule has 0 fully saturated rings. The Hall–Kier alpha value is -0.0800. The van der Waals surface area contributed by atoms with Gasteiger partial charge in [0.1, 0.15) is 0 Å². The number of hydrogen-bond acceptors (Lipinski definition) is 2. The molecule has 0 aliphatic heterocycles. The van der Waals surface area contributed by atoms with Crippen molar-refractivity contribution in [1.29, 1.82) is 0 Å². The van der Waals surface area contributed by atoms with Gasteiger partial charge in [-0.2, -0.15) is 0 Å². The van der Waals surface area contributed by atoms with Crippen LogP contribution in [0.5, 0.6) is 0 Å². The molecular weight excluding hydrogens is 208 g/mol. The fourth-order valence-electron chi connectivity index (χ4n) is 3.14. The lowest BCUT2D eigenvalue weighted by atomic mass is 9.70. The molecule has 0 spiro atoms. The zero-order valence-electron chi connectivity index (χ0n) is 13.0. The van der Waals surface area contributed by atoms with Crippen LogP contribution in [0.3, 0.4) is 0 Å². The van der Waals surface area contributed by atoms with E-state index in [-0.39, 0.29) is 0 Å². The van der Waals surface area contributed by atoms with Gasteiger partial charge in [0.25, 0.3) is 0 Å². The van der Waals surface area contributed by atoms with Gasteiger partial charge in [0, 0.05) is 0 Å². The van der Waals surface area contributed by atoms with Crippen molar-refractivity contribution in [3.63, 3.8) is 0 Å². The fraction of sp³-hybridized carbons (Fsp3) is 1.00. The summed E-state index contributed by atoms with van der Waals surface area (Å²) in [7, 11) is 2.05. The normalized spacial score (nSPS) is 19.4. The minimum atomic E-state index is 0.642. The molecule has 0 amide bonds. The van der Waals surface area contributed by atoms with E-state index in [2.05, 4.69) is 53.9 Å². The van der Waals surface area contributed by atoms with Gasteiger partial charge in [0.2, 0.25) is 0 Å². The van der Waals surface area contributed by atoms with E-state index in [0.717, 1.165) is 30.8 Å². The molecule has 0 saturated heterocycles. The standard InChI is InChI=1S/C15H34N2/c1-10(2)14(8-16)12(5)13(6)15(9-17-7)11(3)4/h10-15,17H,8-9,16H2,1-7H3/t12?,13?,14-,15-/m0/s1. The zero-order chi connectivity index (χ0) is 13.6. The summed E-state index contributed by atoms with van der Waals surface area (Å²) in [5.74, 6) is 4.20. The van der Waals surface area contributed by atoms with Crippen molar-refractivity contribution in [3.8, 4) is 0 Å². The maximum absolute atomic E-state index is 5.95. The second kappa shape index (κ2) is 8.10. The molecule has 104 valence electrons. The smallest absolute Gasteiger partial charge is 0.00184 e. The van der Waals surface area contributed by atoms with Crippen molar-refractivity contribution >= 4 is 0 Å².